The molecule has 3 heterocycles. The zero-order valence-corrected chi connectivity index (χ0v) is 14.3. The Morgan fingerprint density at radius 1 is 1.27 bits per heavy atom. The van der Waals surface area contributed by atoms with Crippen LogP contribution in [0.2, 0.25) is 0 Å². The Balaban J connectivity index is 1.71. The molecule has 7 nitrogen and oxygen atoms in total. The fourth-order valence-electron chi connectivity index (χ4n) is 3.07. The fourth-order valence-corrected chi connectivity index (χ4v) is 3.07. The molecule has 0 atom stereocenters. The maximum atomic E-state index is 12.7. The summed E-state index contributed by atoms with van der Waals surface area (Å²) in [6.45, 7) is 4.04. The van der Waals surface area contributed by atoms with Crippen LogP contribution in [0.3, 0.4) is 0 Å². The van der Waals surface area contributed by atoms with E-state index in [9.17, 15) is 22.8 Å². The predicted molar refractivity (Wildman–Crippen MR) is 85.7 cm³/mol. The Labute approximate surface area is 146 Å². The molecule has 10 heteroatoms. The molecule has 3 rings (SSSR count). The van der Waals surface area contributed by atoms with Gasteiger partial charge in [-0.25, -0.2) is 5.10 Å². The van der Waals surface area contributed by atoms with Crippen molar-refractivity contribution in [3.63, 3.8) is 0 Å². The highest BCUT2D eigenvalue weighted by atomic mass is 19.4. The normalized spacial score (nSPS) is 16.1. The van der Waals surface area contributed by atoms with Gasteiger partial charge >= 0.3 is 6.18 Å². The average Bonchev–Trinajstić information content (AvgIpc) is 3.09. The van der Waals surface area contributed by atoms with E-state index in [1.807, 2.05) is 0 Å². The summed E-state index contributed by atoms with van der Waals surface area (Å²) in [7, 11) is 0. The quantitative estimate of drug-likeness (QED) is 0.879. The van der Waals surface area contributed by atoms with Crippen molar-refractivity contribution in [3.8, 4) is 0 Å². The average molecular weight is 369 g/mol. The molecule has 0 bridgehead atoms. The number of piperidine rings is 1. The number of amides is 1. The van der Waals surface area contributed by atoms with E-state index in [0.717, 1.165) is 6.07 Å². The number of rotatable bonds is 2. The van der Waals surface area contributed by atoms with E-state index in [1.165, 1.54) is 10.9 Å². The Kier molecular flexibility index (Phi) is 4.59. The minimum atomic E-state index is -4.47. The minimum absolute atomic E-state index is 0.0643. The third-order valence-corrected chi connectivity index (χ3v) is 4.71. The van der Waals surface area contributed by atoms with Gasteiger partial charge in [0.05, 0.1) is 11.7 Å². The standard InChI is InChI=1S/C16H18F3N5O2/c1-9-10(2)20-21-14(25)13(9)15(26)23-6-3-11(4-7-23)24-8-5-12(22-24)16(17,18)19/h5,8,11H,3-4,6-7H2,1-2H3,(H,21,25). The highest BCUT2D eigenvalue weighted by Gasteiger charge is 2.35. The van der Waals surface area contributed by atoms with Gasteiger partial charge in [0.1, 0.15) is 5.56 Å². The number of carbonyl (C=O) groups is 1. The SMILES string of the molecule is Cc1n[nH]c(=O)c(C(=O)N2CCC(n3ccc(C(F)(F)F)n3)CC2)c1C. The van der Waals surface area contributed by atoms with Gasteiger partial charge in [0.25, 0.3) is 11.5 Å². The summed E-state index contributed by atoms with van der Waals surface area (Å²) in [6, 6.07) is 0.730. The summed E-state index contributed by atoms with van der Waals surface area (Å²) in [4.78, 5) is 26.2. The van der Waals surface area contributed by atoms with Crippen LogP contribution in [-0.2, 0) is 6.18 Å². The summed E-state index contributed by atoms with van der Waals surface area (Å²) in [5.74, 6) is -0.385. The van der Waals surface area contributed by atoms with Crippen LogP contribution >= 0.6 is 0 Å². The van der Waals surface area contributed by atoms with Crippen molar-refractivity contribution in [3.05, 3.63) is 45.1 Å². The van der Waals surface area contributed by atoms with Crippen LogP contribution < -0.4 is 5.56 Å². The van der Waals surface area contributed by atoms with Gasteiger partial charge in [-0.2, -0.15) is 23.4 Å². The molecule has 1 aliphatic heterocycles. The lowest BCUT2D eigenvalue weighted by atomic mass is 10.0. The van der Waals surface area contributed by atoms with E-state index in [2.05, 4.69) is 15.3 Å². The molecule has 26 heavy (non-hydrogen) atoms. The van der Waals surface area contributed by atoms with Crippen molar-refractivity contribution in [1.82, 2.24) is 24.9 Å². The van der Waals surface area contributed by atoms with E-state index < -0.39 is 17.4 Å². The molecular formula is C16H18F3N5O2. The first-order valence-electron chi connectivity index (χ1n) is 8.16. The summed E-state index contributed by atoms with van der Waals surface area (Å²) in [5, 5.41) is 9.73. The van der Waals surface area contributed by atoms with E-state index >= 15 is 0 Å². The number of H-pyrrole nitrogens is 1. The van der Waals surface area contributed by atoms with E-state index in [-0.39, 0.29) is 17.5 Å². The number of halogens is 3. The molecule has 0 saturated carbocycles. The van der Waals surface area contributed by atoms with Crippen molar-refractivity contribution in [1.29, 1.82) is 0 Å². The lowest BCUT2D eigenvalue weighted by Crippen LogP contribution is -2.41. The number of aromatic nitrogens is 4. The first-order chi connectivity index (χ1) is 12.2. The summed E-state index contributed by atoms with van der Waals surface area (Å²) in [6.07, 6.45) is -2.23. The van der Waals surface area contributed by atoms with Crippen molar-refractivity contribution >= 4 is 5.91 Å². The molecule has 1 amide bonds. The molecule has 1 N–H and O–H groups in total. The molecule has 0 spiro atoms. The van der Waals surface area contributed by atoms with Gasteiger partial charge in [-0.05, 0) is 38.3 Å². The zero-order valence-electron chi connectivity index (χ0n) is 14.3. The molecule has 1 fully saturated rings. The summed E-state index contributed by atoms with van der Waals surface area (Å²) < 4.78 is 39.3. The minimum Gasteiger partial charge on any atom is -0.338 e. The monoisotopic (exact) mass is 369 g/mol. The third kappa shape index (κ3) is 3.35. The lowest BCUT2D eigenvalue weighted by Gasteiger charge is -2.32. The fraction of sp³-hybridized carbons (Fsp3) is 0.500. The molecule has 2 aromatic rings. The highest BCUT2D eigenvalue weighted by molar-refractivity contribution is 5.95. The molecule has 0 aromatic carbocycles. The number of hydrogen-bond acceptors (Lipinski definition) is 4. The van der Waals surface area contributed by atoms with Gasteiger partial charge in [-0.1, -0.05) is 0 Å². The summed E-state index contributed by atoms with van der Waals surface area (Å²) in [5.41, 5.74) is -0.302. The third-order valence-electron chi connectivity index (χ3n) is 4.71. The summed E-state index contributed by atoms with van der Waals surface area (Å²) >= 11 is 0. The number of alkyl halides is 3. The number of hydrogen-bond donors (Lipinski definition) is 1. The molecule has 2 aromatic heterocycles. The van der Waals surface area contributed by atoms with Crippen molar-refractivity contribution < 1.29 is 18.0 Å². The van der Waals surface area contributed by atoms with Crippen LogP contribution in [0, 0.1) is 13.8 Å². The first-order valence-corrected chi connectivity index (χ1v) is 8.16. The Hall–Kier alpha value is -2.65. The Morgan fingerprint density at radius 3 is 2.50 bits per heavy atom. The van der Waals surface area contributed by atoms with Crippen molar-refractivity contribution in [2.24, 2.45) is 0 Å². The topological polar surface area (TPSA) is 83.9 Å². The zero-order chi connectivity index (χ0) is 19.1. The van der Waals surface area contributed by atoms with Crippen LogP contribution in [0.4, 0.5) is 13.2 Å². The second-order valence-electron chi connectivity index (χ2n) is 6.34. The number of likely N-dealkylation sites (tertiary alicyclic amines) is 1. The Bertz CT molecular complexity index is 879. The van der Waals surface area contributed by atoms with Gasteiger partial charge in [0, 0.05) is 19.3 Å². The predicted octanol–water partition coefficient (Wildman–Crippen LogP) is 2.08. The van der Waals surface area contributed by atoms with Crippen molar-refractivity contribution in [2.45, 2.75) is 38.9 Å². The molecule has 1 saturated heterocycles. The number of aromatic amines is 1. The van der Waals surface area contributed by atoms with Gasteiger partial charge in [0.2, 0.25) is 0 Å². The second kappa shape index (κ2) is 6.58. The molecule has 140 valence electrons. The molecule has 1 aliphatic rings. The van der Waals surface area contributed by atoms with Crippen LogP contribution in [0.1, 0.15) is 46.2 Å². The van der Waals surface area contributed by atoms with Gasteiger partial charge in [0.15, 0.2) is 5.69 Å². The number of carbonyl (C=O) groups excluding carboxylic acids is 1. The Morgan fingerprint density at radius 2 is 1.92 bits per heavy atom. The van der Waals surface area contributed by atoms with E-state index in [4.69, 9.17) is 0 Å². The molecule has 0 unspecified atom stereocenters. The van der Waals surface area contributed by atoms with Gasteiger partial charge in [-0.15, -0.1) is 0 Å². The smallest absolute Gasteiger partial charge is 0.338 e. The van der Waals surface area contributed by atoms with Crippen molar-refractivity contribution in [2.75, 3.05) is 13.1 Å². The van der Waals surface area contributed by atoms with E-state index in [0.29, 0.717) is 37.2 Å². The number of nitrogens with zero attached hydrogens (tertiary/aromatic N) is 4. The number of aryl methyl sites for hydroxylation is 1. The molecule has 0 radical (unpaired) electrons. The lowest BCUT2D eigenvalue weighted by molar-refractivity contribution is -0.141. The first kappa shape index (κ1) is 18.2. The van der Waals surface area contributed by atoms with Crippen LogP contribution in [0.25, 0.3) is 0 Å². The van der Waals surface area contributed by atoms with Gasteiger partial charge in [-0.3, -0.25) is 14.3 Å². The maximum absolute atomic E-state index is 12.7. The number of nitrogens with one attached hydrogen (secondary N) is 1. The van der Waals surface area contributed by atoms with Crippen LogP contribution in [0.15, 0.2) is 17.1 Å². The largest absolute Gasteiger partial charge is 0.435 e. The van der Waals surface area contributed by atoms with Crippen LogP contribution in [0.5, 0.6) is 0 Å². The molecular weight excluding hydrogens is 351 g/mol. The van der Waals surface area contributed by atoms with Gasteiger partial charge < -0.3 is 4.90 Å². The second-order valence-corrected chi connectivity index (χ2v) is 6.34. The van der Waals surface area contributed by atoms with Crippen LogP contribution in [-0.4, -0.2) is 43.9 Å². The maximum Gasteiger partial charge on any atom is 0.435 e. The van der Waals surface area contributed by atoms with E-state index in [1.54, 1.807) is 18.7 Å². The molecule has 0 aliphatic carbocycles. The highest BCUT2D eigenvalue weighted by Crippen LogP contribution is 2.29.